The zero-order valence-electron chi connectivity index (χ0n) is 18.5. The second kappa shape index (κ2) is 9.36. The first-order chi connectivity index (χ1) is 15.4. The predicted molar refractivity (Wildman–Crippen MR) is 124 cm³/mol. The predicted octanol–water partition coefficient (Wildman–Crippen LogP) is 3.10. The van der Waals surface area contributed by atoms with Gasteiger partial charge in [-0.25, -0.2) is 4.68 Å². The van der Waals surface area contributed by atoms with Crippen LogP contribution < -0.4 is 5.56 Å². The Hall–Kier alpha value is -3.45. The number of nitrogens with zero attached hydrogens (tertiary/aromatic N) is 4. The third-order valence-electron chi connectivity index (χ3n) is 5.76. The number of hydrogen-bond acceptors (Lipinski definition) is 5. The van der Waals surface area contributed by atoms with E-state index in [9.17, 15) is 9.59 Å². The van der Waals surface area contributed by atoms with Crippen molar-refractivity contribution in [1.29, 1.82) is 0 Å². The highest BCUT2D eigenvalue weighted by molar-refractivity contribution is 5.83. The second-order valence-electron chi connectivity index (χ2n) is 8.41. The summed E-state index contributed by atoms with van der Waals surface area (Å²) in [4.78, 5) is 30.0. The molecule has 0 bridgehead atoms. The summed E-state index contributed by atoms with van der Waals surface area (Å²) in [7, 11) is 0. The molecule has 0 unspecified atom stereocenters. The Labute approximate surface area is 187 Å². The minimum absolute atomic E-state index is 0.108. The molecule has 1 aliphatic rings. The molecule has 1 amide bonds. The first kappa shape index (κ1) is 21.8. The summed E-state index contributed by atoms with van der Waals surface area (Å²) in [5.41, 5.74) is 0.279. The molecule has 7 heteroatoms. The number of carbonyl (C=O) groups excluding carboxylic acids is 1. The highest BCUT2D eigenvalue weighted by Crippen LogP contribution is 2.21. The molecule has 1 saturated heterocycles. The average molecular weight is 433 g/mol. The molecular formula is C25H28N4O3. The Bertz CT molecular complexity index is 1130. The van der Waals surface area contributed by atoms with Crippen LogP contribution in [0.1, 0.15) is 19.4 Å². The summed E-state index contributed by atoms with van der Waals surface area (Å²) in [5.74, 6) is 0.447. The molecule has 166 valence electrons. The molecule has 7 nitrogen and oxygen atoms in total. The fourth-order valence-electron chi connectivity index (χ4n) is 3.88. The highest BCUT2D eigenvalue weighted by Gasteiger charge is 2.37. The van der Waals surface area contributed by atoms with E-state index in [-0.39, 0.29) is 11.5 Å². The van der Waals surface area contributed by atoms with Gasteiger partial charge in [-0.05, 0) is 37.6 Å². The Kier molecular flexibility index (Phi) is 6.37. The molecule has 1 fully saturated rings. The van der Waals surface area contributed by atoms with Gasteiger partial charge in [0.2, 0.25) is 5.91 Å². The number of benzene rings is 1. The van der Waals surface area contributed by atoms with Crippen LogP contribution in [0.2, 0.25) is 0 Å². The van der Waals surface area contributed by atoms with Gasteiger partial charge in [-0.15, -0.1) is 0 Å². The SMILES string of the molecule is CC(C)(C(=O)N1CCN(C/C=C/c2ccccc2)CC1)n1nc(-c2ccco2)ccc1=O. The van der Waals surface area contributed by atoms with Crippen molar-refractivity contribution < 1.29 is 9.21 Å². The quantitative estimate of drug-likeness (QED) is 0.599. The van der Waals surface area contributed by atoms with Crippen LogP contribution in [0.3, 0.4) is 0 Å². The molecule has 0 aliphatic carbocycles. The van der Waals surface area contributed by atoms with Crippen molar-refractivity contribution in [1.82, 2.24) is 19.6 Å². The Morgan fingerprint density at radius 1 is 1.03 bits per heavy atom. The van der Waals surface area contributed by atoms with E-state index in [1.54, 1.807) is 38.3 Å². The smallest absolute Gasteiger partial charge is 0.267 e. The minimum Gasteiger partial charge on any atom is -0.463 e. The van der Waals surface area contributed by atoms with Crippen molar-refractivity contribution >= 4 is 12.0 Å². The standard InChI is InChI=1S/C25H28N4O3/c1-25(2,29-23(30)13-12-21(26-29)22-11-7-19-32-22)24(31)28-17-15-27(16-18-28)14-6-10-20-8-4-3-5-9-20/h3-13,19H,14-18H2,1-2H3/b10-6+. The molecule has 2 aromatic heterocycles. The molecule has 0 radical (unpaired) electrons. The van der Waals surface area contributed by atoms with Crippen LogP contribution in [0.25, 0.3) is 17.5 Å². The number of amides is 1. The molecule has 3 aromatic rings. The largest absolute Gasteiger partial charge is 0.463 e. The number of rotatable bonds is 6. The van der Waals surface area contributed by atoms with E-state index in [1.165, 1.54) is 16.3 Å². The zero-order chi connectivity index (χ0) is 22.6. The van der Waals surface area contributed by atoms with Gasteiger partial charge < -0.3 is 9.32 Å². The van der Waals surface area contributed by atoms with Crippen molar-refractivity contribution in [3.05, 3.63) is 82.9 Å². The molecule has 1 aromatic carbocycles. The normalized spacial score (nSPS) is 15.4. The van der Waals surface area contributed by atoms with Gasteiger partial charge >= 0.3 is 0 Å². The van der Waals surface area contributed by atoms with Crippen LogP contribution in [-0.2, 0) is 10.3 Å². The monoisotopic (exact) mass is 432 g/mol. The summed E-state index contributed by atoms with van der Waals surface area (Å²) in [6, 6.07) is 16.8. The number of piperazine rings is 1. The van der Waals surface area contributed by atoms with Gasteiger partial charge in [0.25, 0.3) is 5.56 Å². The summed E-state index contributed by atoms with van der Waals surface area (Å²) in [6.45, 7) is 7.13. The first-order valence-corrected chi connectivity index (χ1v) is 10.8. The van der Waals surface area contributed by atoms with Gasteiger partial charge in [0.1, 0.15) is 11.2 Å². The summed E-state index contributed by atoms with van der Waals surface area (Å²) < 4.78 is 6.66. The highest BCUT2D eigenvalue weighted by atomic mass is 16.3. The van der Waals surface area contributed by atoms with E-state index in [0.717, 1.165) is 19.6 Å². The van der Waals surface area contributed by atoms with Crippen molar-refractivity contribution in [3.63, 3.8) is 0 Å². The third-order valence-corrected chi connectivity index (χ3v) is 5.76. The molecule has 0 N–H and O–H groups in total. The van der Waals surface area contributed by atoms with E-state index >= 15 is 0 Å². The maximum absolute atomic E-state index is 13.3. The van der Waals surface area contributed by atoms with Gasteiger partial charge in [0.15, 0.2) is 5.76 Å². The van der Waals surface area contributed by atoms with Crippen LogP contribution >= 0.6 is 0 Å². The Morgan fingerprint density at radius 2 is 1.78 bits per heavy atom. The summed E-state index contributed by atoms with van der Waals surface area (Å²) in [5, 5.41) is 4.43. The fourth-order valence-corrected chi connectivity index (χ4v) is 3.88. The number of hydrogen-bond donors (Lipinski definition) is 0. The summed E-state index contributed by atoms with van der Waals surface area (Å²) in [6.07, 6.45) is 5.82. The van der Waals surface area contributed by atoms with Crippen LogP contribution in [0.5, 0.6) is 0 Å². The van der Waals surface area contributed by atoms with Gasteiger partial charge in [0, 0.05) is 38.8 Å². The zero-order valence-corrected chi connectivity index (χ0v) is 18.5. The van der Waals surface area contributed by atoms with E-state index in [0.29, 0.717) is 24.5 Å². The van der Waals surface area contributed by atoms with Gasteiger partial charge in [0.05, 0.1) is 6.26 Å². The average Bonchev–Trinajstić information content (AvgIpc) is 3.35. The third kappa shape index (κ3) is 4.73. The molecule has 0 spiro atoms. The van der Waals surface area contributed by atoms with Crippen LogP contribution in [0, 0.1) is 0 Å². The molecule has 32 heavy (non-hydrogen) atoms. The topological polar surface area (TPSA) is 71.6 Å². The van der Waals surface area contributed by atoms with E-state index < -0.39 is 5.54 Å². The first-order valence-electron chi connectivity index (χ1n) is 10.8. The second-order valence-corrected chi connectivity index (χ2v) is 8.41. The van der Waals surface area contributed by atoms with Gasteiger partial charge in [-0.2, -0.15) is 5.10 Å². The van der Waals surface area contributed by atoms with Crippen molar-refractivity contribution in [2.24, 2.45) is 0 Å². The fraction of sp³-hybridized carbons (Fsp3) is 0.320. The molecule has 3 heterocycles. The number of aromatic nitrogens is 2. The van der Waals surface area contributed by atoms with Gasteiger partial charge in [-0.3, -0.25) is 14.5 Å². The maximum atomic E-state index is 13.3. The van der Waals surface area contributed by atoms with Crippen LogP contribution in [0.15, 0.2) is 76.1 Å². The lowest BCUT2D eigenvalue weighted by molar-refractivity contribution is -0.141. The van der Waals surface area contributed by atoms with E-state index in [2.05, 4.69) is 34.3 Å². The Morgan fingerprint density at radius 3 is 2.47 bits per heavy atom. The Balaban J connectivity index is 1.40. The van der Waals surface area contributed by atoms with Crippen molar-refractivity contribution in [3.8, 4) is 11.5 Å². The lowest BCUT2D eigenvalue weighted by Gasteiger charge is -2.38. The van der Waals surface area contributed by atoms with Crippen LogP contribution in [-0.4, -0.2) is 58.2 Å². The lowest BCUT2D eigenvalue weighted by atomic mass is 10.0. The van der Waals surface area contributed by atoms with Crippen LogP contribution in [0.4, 0.5) is 0 Å². The summed E-state index contributed by atoms with van der Waals surface area (Å²) >= 11 is 0. The number of carbonyl (C=O) groups is 1. The minimum atomic E-state index is -1.10. The van der Waals surface area contributed by atoms with Crippen molar-refractivity contribution in [2.75, 3.05) is 32.7 Å². The molecule has 1 aliphatic heterocycles. The molecule has 4 rings (SSSR count). The van der Waals surface area contributed by atoms with E-state index in [4.69, 9.17) is 4.42 Å². The maximum Gasteiger partial charge on any atom is 0.267 e. The molecule has 0 atom stereocenters. The van der Waals surface area contributed by atoms with Gasteiger partial charge in [-0.1, -0.05) is 42.5 Å². The van der Waals surface area contributed by atoms with E-state index in [1.807, 2.05) is 23.1 Å². The molecule has 0 saturated carbocycles. The lowest BCUT2D eigenvalue weighted by Crippen LogP contribution is -2.56. The number of furan rings is 1. The van der Waals surface area contributed by atoms with Crippen molar-refractivity contribution in [2.45, 2.75) is 19.4 Å². The molecular weight excluding hydrogens is 404 g/mol.